The Morgan fingerprint density at radius 2 is 2.26 bits per heavy atom. The summed E-state index contributed by atoms with van der Waals surface area (Å²) in [5.41, 5.74) is 1.41. The lowest BCUT2D eigenvalue weighted by Crippen LogP contribution is -2.39. The summed E-state index contributed by atoms with van der Waals surface area (Å²) in [6, 6.07) is 10.8. The van der Waals surface area contributed by atoms with Gasteiger partial charge < -0.3 is 14.1 Å². The van der Waals surface area contributed by atoms with E-state index in [-0.39, 0.29) is 18.4 Å². The normalized spacial score (nSPS) is 16.3. The SMILES string of the molecule is N#Cc1ccc(OC2CN(C(=O)Cc3ccco3)Cc3ccnn3C2)nc1. The van der Waals surface area contributed by atoms with E-state index in [1.165, 1.54) is 6.20 Å². The molecule has 0 saturated heterocycles. The lowest BCUT2D eigenvalue weighted by atomic mass is 10.2. The van der Waals surface area contributed by atoms with Crippen LogP contribution in [0, 0.1) is 11.3 Å². The van der Waals surface area contributed by atoms with Gasteiger partial charge in [-0.05, 0) is 24.3 Å². The highest BCUT2D eigenvalue weighted by molar-refractivity contribution is 5.78. The number of hydrogen-bond acceptors (Lipinski definition) is 6. The molecule has 1 aliphatic heterocycles. The Kier molecular flexibility index (Phi) is 4.58. The molecule has 1 unspecified atom stereocenters. The van der Waals surface area contributed by atoms with Crippen molar-refractivity contribution >= 4 is 5.91 Å². The van der Waals surface area contributed by atoms with Crippen LogP contribution in [0.1, 0.15) is 17.0 Å². The van der Waals surface area contributed by atoms with Gasteiger partial charge in [-0.3, -0.25) is 9.48 Å². The monoisotopic (exact) mass is 363 g/mol. The second-order valence-corrected chi connectivity index (χ2v) is 6.27. The van der Waals surface area contributed by atoms with E-state index in [1.807, 2.05) is 16.8 Å². The molecule has 1 aliphatic rings. The maximum absolute atomic E-state index is 12.8. The Hall–Kier alpha value is -3.60. The van der Waals surface area contributed by atoms with Crippen LogP contribution in [-0.2, 0) is 24.3 Å². The number of nitrogens with zero attached hydrogens (tertiary/aromatic N) is 5. The van der Waals surface area contributed by atoms with Gasteiger partial charge in [-0.15, -0.1) is 0 Å². The van der Waals surface area contributed by atoms with E-state index in [9.17, 15) is 4.79 Å². The number of amides is 1. The Balaban J connectivity index is 1.52. The van der Waals surface area contributed by atoms with Crippen LogP contribution in [-0.4, -0.2) is 38.2 Å². The lowest BCUT2D eigenvalue weighted by molar-refractivity contribution is -0.132. The van der Waals surface area contributed by atoms with Gasteiger partial charge in [0.15, 0.2) is 0 Å². The van der Waals surface area contributed by atoms with Crippen LogP contribution in [0.2, 0.25) is 0 Å². The Morgan fingerprint density at radius 3 is 3.00 bits per heavy atom. The fraction of sp³-hybridized carbons (Fsp3) is 0.263. The van der Waals surface area contributed by atoms with Crippen molar-refractivity contribution in [3.05, 3.63) is 66.0 Å². The van der Waals surface area contributed by atoms with Gasteiger partial charge in [-0.1, -0.05) is 0 Å². The second kappa shape index (κ2) is 7.33. The average Bonchev–Trinajstić information content (AvgIpc) is 3.31. The molecule has 27 heavy (non-hydrogen) atoms. The molecule has 0 bridgehead atoms. The fourth-order valence-electron chi connectivity index (χ4n) is 3.04. The molecule has 136 valence electrons. The van der Waals surface area contributed by atoms with E-state index >= 15 is 0 Å². The predicted octanol–water partition coefficient (Wildman–Crippen LogP) is 1.78. The highest BCUT2D eigenvalue weighted by Gasteiger charge is 2.27. The summed E-state index contributed by atoms with van der Waals surface area (Å²) in [5, 5.41) is 13.2. The van der Waals surface area contributed by atoms with Gasteiger partial charge in [0, 0.05) is 18.5 Å². The first-order valence-electron chi connectivity index (χ1n) is 8.55. The molecule has 1 atom stereocenters. The van der Waals surface area contributed by atoms with Crippen molar-refractivity contribution in [1.29, 1.82) is 5.26 Å². The summed E-state index contributed by atoms with van der Waals surface area (Å²) in [7, 11) is 0. The van der Waals surface area contributed by atoms with Gasteiger partial charge in [0.05, 0.1) is 43.6 Å². The predicted molar refractivity (Wildman–Crippen MR) is 93.4 cm³/mol. The number of fused-ring (bicyclic) bond motifs is 1. The molecular weight excluding hydrogens is 346 g/mol. The zero-order valence-corrected chi connectivity index (χ0v) is 14.5. The number of rotatable bonds is 4. The minimum Gasteiger partial charge on any atom is -0.470 e. The van der Waals surface area contributed by atoms with Crippen molar-refractivity contribution in [3.63, 3.8) is 0 Å². The first-order chi connectivity index (χ1) is 13.2. The summed E-state index contributed by atoms with van der Waals surface area (Å²) >= 11 is 0. The van der Waals surface area contributed by atoms with Crippen molar-refractivity contribution < 1.29 is 13.9 Å². The zero-order chi connectivity index (χ0) is 18.6. The van der Waals surface area contributed by atoms with Gasteiger partial charge in [0.2, 0.25) is 11.8 Å². The maximum Gasteiger partial charge on any atom is 0.230 e. The number of furan rings is 1. The number of carbonyl (C=O) groups is 1. The Labute approximate surface area is 155 Å². The summed E-state index contributed by atoms with van der Waals surface area (Å²) < 4.78 is 13.1. The minimum atomic E-state index is -0.313. The summed E-state index contributed by atoms with van der Waals surface area (Å²) in [6.45, 7) is 1.37. The molecule has 3 aromatic heterocycles. The number of hydrogen-bond donors (Lipinski definition) is 0. The minimum absolute atomic E-state index is 0.0408. The first kappa shape index (κ1) is 16.8. The van der Waals surface area contributed by atoms with Crippen LogP contribution >= 0.6 is 0 Å². The van der Waals surface area contributed by atoms with E-state index in [0.29, 0.717) is 36.8 Å². The molecule has 0 radical (unpaired) electrons. The van der Waals surface area contributed by atoms with Crippen LogP contribution in [0.15, 0.2) is 53.4 Å². The molecule has 0 aromatic carbocycles. The van der Waals surface area contributed by atoms with E-state index < -0.39 is 0 Å². The molecule has 0 fully saturated rings. The zero-order valence-electron chi connectivity index (χ0n) is 14.5. The van der Waals surface area contributed by atoms with Crippen LogP contribution in [0.4, 0.5) is 0 Å². The molecular formula is C19H17N5O3. The highest BCUT2D eigenvalue weighted by Crippen LogP contribution is 2.18. The largest absolute Gasteiger partial charge is 0.470 e. The van der Waals surface area contributed by atoms with Gasteiger partial charge in [0.25, 0.3) is 0 Å². The van der Waals surface area contributed by atoms with Gasteiger partial charge in [-0.25, -0.2) is 4.98 Å². The molecule has 8 nitrogen and oxygen atoms in total. The number of ether oxygens (including phenoxy) is 1. The standard InChI is InChI=1S/C19H17N5O3/c20-9-14-3-4-18(21-10-14)27-17-12-23(11-15-5-6-22-24(15)13-17)19(25)8-16-2-1-7-26-16/h1-7,10,17H,8,11-13H2. The van der Waals surface area contributed by atoms with Crippen molar-refractivity contribution in [1.82, 2.24) is 19.7 Å². The van der Waals surface area contributed by atoms with Gasteiger partial charge in [-0.2, -0.15) is 10.4 Å². The van der Waals surface area contributed by atoms with E-state index in [1.54, 1.807) is 41.6 Å². The summed E-state index contributed by atoms with van der Waals surface area (Å²) in [5.74, 6) is 0.998. The van der Waals surface area contributed by atoms with Gasteiger partial charge in [0.1, 0.15) is 17.9 Å². The van der Waals surface area contributed by atoms with Crippen LogP contribution in [0.5, 0.6) is 5.88 Å². The lowest BCUT2D eigenvalue weighted by Gasteiger charge is -2.24. The Morgan fingerprint density at radius 1 is 1.33 bits per heavy atom. The molecule has 1 amide bonds. The average molecular weight is 363 g/mol. The third-order valence-corrected chi connectivity index (χ3v) is 4.37. The second-order valence-electron chi connectivity index (χ2n) is 6.27. The summed E-state index contributed by atoms with van der Waals surface area (Å²) in [4.78, 5) is 18.7. The van der Waals surface area contributed by atoms with Crippen molar-refractivity contribution in [2.24, 2.45) is 0 Å². The van der Waals surface area contributed by atoms with Crippen LogP contribution in [0.25, 0.3) is 0 Å². The third-order valence-electron chi connectivity index (χ3n) is 4.37. The van der Waals surface area contributed by atoms with Crippen LogP contribution in [0.3, 0.4) is 0 Å². The molecule has 3 aromatic rings. The number of carbonyl (C=O) groups excluding carboxylic acids is 1. The molecule has 4 rings (SSSR count). The molecule has 0 spiro atoms. The van der Waals surface area contributed by atoms with E-state index in [0.717, 1.165) is 5.69 Å². The Bertz CT molecular complexity index is 956. The molecule has 0 saturated carbocycles. The topological polar surface area (TPSA) is 97.2 Å². The number of nitriles is 1. The number of pyridine rings is 1. The molecule has 4 heterocycles. The van der Waals surface area contributed by atoms with Crippen molar-refractivity contribution in [3.8, 4) is 11.9 Å². The van der Waals surface area contributed by atoms with E-state index in [4.69, 9.17) is 14.4 Å². The first-order valence-corrected chi connectivity index (χ1v) is 8.55. The van der Waals surface area contributed by atoms with E-state index in [2.05, 4.69) is 10.1 Å². The summed E-state index contributed by atoms with van der Waals surface area (Å²) in [6.07, 6.45) is 4.62. The smallest absolute Gasteiger partial charge is 0.230 e. The molecule has 0 aliphatic carbocycles. The quantitative estimate of drug-likeness (QED) is 0.701. The molecule has 0 N–H and O–H groups in total. The third kappa shape index (κ3) is 3.82. The molecule has 8 heteroatoms. The van der Waals surface area contributed by atoms with Crippen LogP contribution < -0.4 is 4.74 Å². The highest BCUT2D eigenvalue weighted by atomic mass is 16.5. The fourth-order valence-corrected chi connectivity index (χ4v) is 3.04. The van der Waals surface area contributed by atoms with Crippen molar-refractivity contribution in [2.45, 2.75) is 25.6 Å². The number of aromatic nitrogens is 3. The van der Waals surface area contributed by atoms with Gasteiger partial charge >= 0.3 is 0 Å². The maximum atomic E-state index is 12.8. The van der Waals surface area contributed by atoms with Crippen molar-refractivity contribution in [2.75, 3.05) is 6.54 Å².